The molecule has 1 saturated carbocycles. The molecule has 1 aliphatic rings. The monoisotopic (exact) mass is 209 g/mol. The topological polar surface area (TPSA) is 50.9 Å². The van der Waals surface area contributed by atoms with E-state index < -0.39 is 0 Å². The van der Waals surface area contributed by atoms with Crippen LogP contribution in [0.2, 0.25) is 0 Å². The maximum Gasteiger partial charge on any atom is 0.146 e. The van der Waals surface area contributed by atoms with Crippen LogP contribution < -0.4 is 11.3 Å². The number of hydrogen-bond acceptors (Lipinski definition) is 3. The van der Waals surface area contributed by atoms with Gasteiger partial charge in [-0.3, -0.25) is 16.3 Å². The summed E-state index contributed by atoms with van der Waals surface area (Å²) in [7, 11) is 0. The largest absolute Gasteiger partial charge is 0.271 e. The Morgan fingerprint density at radius 3 is 3.00 bits per heavy atom. The van der Waals surface area contributed by atoms with E-state index in [9.17, 15) is 4.39 Å². The average molecular weight is 209 g/mol. The van der Waals surface area contributed by atoms with E-state index in [-0.39, 0.29) is 11.9 Å². The summed E-state index contributed by atoms with van der Waals surface area (Å²) in [4.78, 5) is 4.03. The Morgan fingerprint density at radius 2 is 2.40 bits per heavy atom. The van der Waals surface area contributed by atoms with E-state index in [1.807, 2.05) is 0 Å². The first-order valence-corrected chi connectivity index (χ1v) is 5.38. The fraction of sp³-hybridized carbons (Fsp3) is 0.545. The van der Waals surface area contributed by atoms with Crippen LogP contribution in [0.5, 0.6) is 0 Å². The number of nitrogens with two attached hydrogens (primary N) is 1. The molecule has 3 nitrogen and oxygen atoms in total. The molecule has 3 N–H and O–H groups in total. The van der Waals surface area contributed by atoms with E-state index in [1.165, 1.54) is 18.9 Å². The molecular weight excluding hydrogens is 193 g/mol. The van der Waals surface area contributed by atoms with Crippen LogP contribution in [0.25, 0.3) is 0 Å². The van der Waals surface area contributed by atoms with Gasteiger partial charge in [-0.05, 0) is 30.9 Å². The number of nitrogens with one attached hydrogen (secondary N) is 1. The van der Waals surface area contributed by atoms with Crippen molar-refractivity contribution < 1.29 is 4.39 Å². The Balaban J connectivity index is 2.00. The average Bonchev–Trinajstić information content (AvgIpc) is 3.05. The molecule has 2 rings (SSSR count). The summed E-state index contributed by atoms with van der Waals surface area (Å²) in [6.45, 7) is 0. The van der Waals surface area contributed by atoms with E-state index in [2.05, 4.69) is 10.4 Å². The molecular formula is C11H16FN3. The second-order valence-corrected chi connectivity index (χ2v) is 4.11. The van der Waals surface area contributed by atoms with E-state index in [0.29, 0.717) is 5.69 Å². The van der Waals surface area contributed by atoms with Gasteiger partial charge in [0.05, 0.1) is 11.7 Å². The van der Waals surface area contributed by atoms with Gasteiger partial charge in [0.25, 0.3) is 0 Å². The quantitative estimate of drug-likeness (QED) is 0.575. The smallest absolute Gasteiger partial charge is 0.146 e. The maximum absolute atomic E-state index is 13.4. The molecule has 82 valence electrons. The van der Waals surface area contributed by atoms with Gasteiger partial charge in [0.2, 0.25) is 0 Å². The van der Waals surface area contributed by atoms with Gasteiger partial charge < -0.3 is 0 Å². The van der Waals surface area contributed by atoms with Gasteiger partial charge in [0.15, 0.2) is 0 Å². The normalized spacial score (nSPS) is 17.7. The number of nitrogens with zero attached hydrogens (tertiary/aromatic N) is 1. The SMILES string of the molecule is NNC(CCC1CC1)c1ncccc1F. The molecule has 1 unspecified atom stereocenters. The van der Waals surface area contributed by atoms with Crippen molar-refractivity contribution in [3.63, 3.8) is 0 Å². The first kappa shape index (κ1) is 10.5. The number of hydrogen-bond donors (Lipinski definition) is 2. The fourth-order valence-corrected chi connectivity index (χ4v) is 1.76. The molecule has 0 spiro atoms. The first-order valence-electron chi connectivity index (χ1n) is 5.38. The highest BCUT2D eigenvalue weighted by atomic mass is 19.1. The molecule has 15 heavy (non-hydrogen) atoms. The van der Waals surface area contributed by atoms with Crippen LogP contribution in [0, 0.1) is 11.7 Å². The molecule has 0 saturated heterocycles. The van der Waals surface area contributed by atoms with Crippen LogP contribution in [-0.2, 0) is 0 Å². The lowest BCUT2D eigenvalue weighted by molar-refractivity contribution is 0.448. The summed E-state index contributed by atoms with van der Waals surface area (Å²) in [5.41, 5.74) is 3.07. The second kappa shape index (κ2) is 4.68. The third-order valence-electron chi connectivity index (χ3n) is 2.88. The third-order valence-corrected chi connectivity index (χ3v) is 2.88. The Bertz CT molecular complexity index is 325. The van der Waals surface area contributed by atoms with Crippen LogP contribution in [0.4, 0.5) is 4.39 Å². The van der Waals surface area contributed by atoms with Gasteiger partial charge >= 0.3 is 0 Å². The number of halogens is 1. The zero-order chi connectivity index (χ0) is 10.7. The van der Waals surface area contributed by atoms with Gasteiger partial charge in [-0.1, -0.05) is 12.8 Å². The van der Waals surface area contributed by atoms with Gasteiger partial charge in [-0.15, -0.1) is 0 Å². The first-order chi connectivity index (χ1) is 7.31. The van der Waals surface area contributed by atoms with Crippen molar-refractivity contribution in [3.8, 4) is 0 Å². The molecule has 1 aromatic rings. The van der Waals surface area contributed by atoms with Crippen molar-refractivity contribution in [1.82, 2.24) is 10.4 Å². The molecule has 0 amide bonds. The van der Waals surface area contributed by atoms with Crippen LogP contribution >= 0.6 is 0 Å². The standard InChI is InChI=1S/C11H16FN3/c12-9-2-1-7-14-11(9)10(15-13)6-5-8-3-4-8/h1-2,7-8,10,15H,3-6,13H2. The van der Waals surface area contributed by atoms with Gasteiger partial charge in [-0.2, -0.15) is 0 Å². The Morgan fingerprint density at radius 1 is 1.60 bits per heavy atom. The minimum Gasteiger partial charge on any atom is -0.271 e. The summed E-state index contributed by atoms with van der Waals surface area (Å²) in [6.07, 6.45) is 6.17. The van der Waals surface area contributed by atoms with Gasteiger partial charge in [0, 0.05) is 6.20 Å². The Hall–Kier alpha value is -1.00. The Labute approximate surface area is 88.9 Å². The number of aromatic nitrogens is 1. The van der Waals surface area contributed by atoms with E-state index >= 15 is 0 Å². The van der Waals surface area contributed by atoms with Crippen molar-refractivity contribution in [3.05, 3.63) is 29.8 Å². The molecule has 1 heterocycles. The number of hydrazine groups is 1. The molecule has 1 aliphatic carbocycles. The lowest BCUT2D eigenvalue weighted by Gasteiger charge is -2.15. The maximum atomic E-state index is 13.4. The van der Waals surface area contributed by atoms with Crippen LogP contribution in [0.3, 0.4) is 0 Å². The van der Waals surface area contributed by atoms with Gasteiger partial charge in [-0.25, -0.2) is 4.39 Å². The molecule has 0 aromatic carbocycles. The predicted molar refractivity (Wildman–Crippen MR) is 56.2 cm³/mol. The van der Waals surface area contributed by atoms with Crippen molar-refractivity contribution in [2.45, 2.75) is 31.7 Å². The highest BCUT2D eigenvalue weighted by molar-refractivity contribution is 5.11. The van der Waals surface area contributed by atoms with Crippen LogP contribution in [0.1, 0.15) is 37.4 Å². The lowest BCUT2D eigenvalue weighted by atomic mass is 10.1. The van der Waals surface area contributed by atoms with Gasteiger partial charge in [0.1, 0.15) is 5.82 Å². The molecule has 0 aliphatic heterocycles. The highest BCUT2D eigenvalue weighted by Crippen LogP contribution is 2.35. The minimum absolute atomic E-state index is 0.160. The summed E-state index contributed by atoms with van der Waals surface area (Å²) in [5, 5.41) is 0. The van der Waals surface area contributed by atoms with E-state index in [0.717, 1.165) is 18.8 Å². The molecule has 0 bridgehead atoms. The second-order valence-electron chi connectivity index (χ2n) is 4.11. The summed E-state index contributed by atoms with van der Waals surface area (Å²) in [5.74, 6) is 5.97. The zero-order valence-electron chi connectivity index (χ0n) is 8.62. The van der Waals surface area contributed by atoms with Crippen molar-refractivity contribution in [1.29, 1.82) is 0 Å². The van der Waals surface area contributed by atoms with Crippen LogP contribution in [0.15, 0.2) is 18.3 Å². The summed E-state index contributed by atoms with van der Waals surface area (Å²) < 4.78 is 13.4. The lowest BCUT2D eigenvalue weighted by Crippen LogP contribution is -2.29. The third kappa shape index (κ3) is 2.73. The molecule has 4 heteroatoms. The molecule has 0 radical (unpaired) electrons. The molecule has 1 fully saturated rings. The molecule has 1 atom stereocenters. The Kier molecular flexibility index (Phi) is 3.28. The van der Waals surface area contributed by atoms with Crippen molar-refractivity contribution in [2.75, 3.05) is 0 Å². The summed E-state index contributed by atoms with van der Waals surface area (Å²) in [6, 6.07) is 2.85. The highest BCUT2D eigenvalue weighted by Gasteiger charge is 2.24. The minimum atomic E-state index is -0.281. The van der Waals surface area contributed by atoms with E-state index in [4.69, 9.17) is 5.84 Å². The molecule has 1 aromatic heterocycles. The fourth-order valence-electron chi connectivity index (χ4n) is 1.76. The van der Waals surface area contributed by atoms with Crippen molar-refractivity contribution >= 4 is 0 Å². The number of pyridine rings is 1. The number of rotatable bonds is 5. The van der Waals surface area contributed by atoms with Crippen molar-refractivity contribution in [2.24, 2.45) is 11.8 Å². The zero-order valence-corrected chi connectivity index (χ0v) is 8.62. The summed E-state index contributed by atoms with van der Waals surface area (Å²) >= 11 is 0. The van der Waals surface area contributed by atoms with Crippen LogP contribution in [-0.4, -0.2) is 4.98 Å². The van der Waals surface area contributed by atoms with E-state index in [1.54, 1.807) is 12.3 Å². The predicted octanol–water partition coefficient (Wildman–Crippen LogP) is 1.92.